The molecule has 0 aliphatic heterocycles. The summed E-state index contributed by atoms with van der Waals surface area (Å²) < 4.78 is 23.1. The first-order chi connectivity index (χ1) is 4.83. The molecule has 0 heterocycles. The SMILES string of the molecule is CC1(C(=O)NS(C)(=O)=O)CC1. The molecule has 0 aromatic heterocycles. The average Bonchev–Trinajstić information content (AvgIpc) is 2.44. The minimum Gasteiger partial charge on any atom is -0.273 e. The Balaban J connectivity index is 2.59. The molecule has 64 valence electrons. The van der Waals surface area contributed by atoms with Gasteiger partial charge in [-0.25, -0.2) is 8.42 Å². The van der Waals surface area contributed by atoms with E-state index >= 15 is 0 Å². The molecule has 1 aliphatic rings. The van der Waals surface area contributed by atoms with E-state index in [0.717, 1.165) is 19.1 Å². The van der Waals surface area contributed by atoms with E-state index in [0.29, 0.717) is 0 Å². The van der Waals surface area contributed by atoms with Crippen molar-refractivity contribution in [1.82, 2.24) is 4.72 Å². The third-order valence-electron chi connectivity index (χ3n) is 1.83. The standard InChI is InChI=1S/C6H11NO3S/c1-6(3-4-6)5(8)7-11(2,9)10/h3-4H2,1-2H3,(H,7,8). The van der Waals surface area contributed by atoms with Gasteiger partial charge in [-0.3, -0.25) is 9.52 Å². The van der Waals surface area contributed by atoms with Crippen LogP contribution >= 0.6 is 0 Å². The number of hydrogen-bond donors (Lipinski definition) is 1. The molecule has 0 spiro atoms. The Labute approximate surface area is 66.0 Å². The van der Waals surface area contributed by atoms with Gasteiger partial charge in [0.1, 0.15) is 0 Å². The predicted octanol–water partition coefficient (Wildman–Crippen LogP) is -0.138. The maximum Gasteiger partial charge on any atom is 0.239 e. The summed E-state index contributed by atoms with van der Waals surface area (Å²) in [7, 11) is -3.37. The van der Waals surface area contributed by atoms with E-state index < -0.39 is 15.4 Å². The monoisotopic (exact) mass is 177 g/mol. The van der Waals surface area contributed by atoms with E-state index in [2.05, 4.69) is 0 Å². The van der Waals surface area contributed by atoms with E-state index in [4.69, 9.17) is 0 Å². The lowest BCUT2D eigenvalue weighted by Crippen LogP contribution is -2.34. The average molecular weight is 177 g/mol. The van der Waals surface area contributed by atoms with Crippen molar-refractivity contribution < 1.29 is 13.2 Å². The quantitative estimate of drug-likeness (QED) is 0.638. The van der Waals surface area contributed by atoms with Crippen molar-refractivity contribution in [2.24, 2.45) is 5.41 Å². The number of sulfonamides is 1. The molecular formula is C6H11NO3S. The van der Waals surface area contributed by atoms with E-state index in [9.17, 15) is 13.2 Å². The number of amides is 1. The largest absolute Gasteiger partial charge is 0.273 e. The molecule has 0 bridgehead atoms. The van der Waals surface area contributed by atoms with Gasteiger partial charge in [0.25, 0.3) is 0 Å². The molecule has 0 aromatic rings. The van der Waals surface area contributed by atoms with Gasteiger partial charge in [0, 0.05) is 5.41 Å². The maximum absolute atomic E-state index is 11.1. The summed E-state index contributed by atoms with van der Waals surface area (Å²) >= 11 is 0. The van der Waals surface area contributed by atoms with Crippen molar-refractivity contribution in [3.05, 3.63) is 0 Å². The molecule has 0 radical (unpaired) electrons. The molecule has 5 heteroatoms. The maximum atomic E-state index is 11.1. The summed E-state index contributed by atoms with van der Waals surface area (Å²) in [5, 5.41) is 0. The molecule has 0 aromatic carbocycles. The Hall–Kier alpha value is -0.580. The van der Waals surface area contributed by atoms with Crippen LogP contribution in [0.15, 0.2) is 0 Å². The summed E-state index contributed by atoms with van der Waals surface area (Å²) in [4.78, 5) is 11.1. The third-order valence-corrected chi connectivity index (χ3v) is 2.38. The van der Waals surface area contributed by atoms with Crippen LogP contribution in [0.4, 0.5) is 0 Å². The smallest absolute Gasteiger partial charge is 0.239 e. The van der Waals surface area contributed by atoms with Gasteiger partial charge in [-0.1, -0.05) is 6.92 Å². The van der Waals surface area contributed by atoms with Crippen LogP contribution in [-0.2, 0) is 14.8 Å². The zero-order valence-electron chi connectivity index (χ0n) is 6.55. The summed E-state index contributed by atoms with van der Waals surface area (Å²) in [5.41, 5.74) is -0.414. The topological polar surface area (TPSA) is 63.2 Å². The molecule has 0 atom stereocenters. The number of hydrogen-bond acceptors (Lipinski definition) is 3. The molecule has 1 N–H and O–H groups in total. The van der Waals surface area contributed by atoms with Crippen molar-refractivity contribution in [2.75, 3.05) is 6.26 Å². The normalized spacial score (nSPS) is 20.9. The van der Waals surface area contributed by atoms with Crippen molar-refractivity contribution in [3.63, 3.8) is 0 Å². The first-order valence-corrected chi connectivity index (χ1v) is 5.25. The van der Waals surface area contributed by atoms with E-state index in [1.807, 2.05) is 4.72 Å². The molecule has 11 heavy (non-hydrogen) atoms. The minimum atomic E-state index is -3.37. The zero-order chi connectivity index (χ0) is 8.70. The van der Waals surface area contributed by atoms with Crippen LogP contribution in [0.5, 0.6) is 0 Å². The highest BCUT2D eigenvalue weighted by molar-refractivity contribution is 7.89. The lowest BCUT2D eigenvalue weighted by molar-refractivity contribution is -0.123. The number of nitrogens with one attached hydrogen (secondary N) is 1. The van der Waals surface area contributed by atoms with Crippen molar-refractivity contribution >= 4 is 15.9 Å². The first kappa shape index (κ1) is 8.52. The van der Waals surface area contributed by atoms with Crippen LogP contribution in [0.25, 0.3) is 0 Å². The molecule has 0 unspecified atom stereocenters. The van der Waals surface area contributed by atoms with Crippen LogP contribution in [0, 0.1) is 5.41 Å². The van der Waals surface area contributed by atoms with Crippen molar-refractivity contribution in [3.8, 4) is 0 Å². The van der Waals surface area contributed by atoms with Crippen LogP contribution in [0.3, 0.4) is 0 Å². The van der Waals surface area contributed by atoms with Crippen LogP contribution in [0.2, 0.25) is 0 Å². The molecule has 1 saturated carbocycles. The highest BCUT2D eigenvalue weighted by atomic mass is 32.2. The van der Waals surface area contributed by atoms with Crippen LogP contribution in [-0.4, -0.2) is 20.6 Å². The Morgan fingerprint density at radius 3 is 2.18 bits per heavy atom. The van der Waals surface area contributed by atoms with Crippen molar-refractivity contribution in [1.29, 1.82) is 0 Å². The molecule has 1 amide bonds. The summed E-state index contributed by atoms with van der Waals surface area (Å²) in [5.74, 6) is -0.375. The molecule has 1 rings (SSSR count). The molecule has 4 nitrogen and oxygen atoms in total. The van der Waals surface area contributed by atoms with Gasteiger partial charge in [0.15, 0.2) is 0 Å². The van der Waals surface area contributed by atoms with E-state index in [1.54, 1.807) is 6.92 Å². The highest BCUT2D eigenvalue weighted by Crippen LogP contribution is 2.45. The second-order valence-electron chi connectivity index (χ2n) is 3.26. The zero-order valence-corrected chi connectivity index (χ0v) is 7.36. The van der Waals surface area contributed by atoms with E-state index in [-0.39, 0.29) is 5.91 Å². The summed E-state index contributed by atoms with van der Waals surface area (Å²) in [6.07, 6.45) is 2.55. The van der Waals surface area contributed by atoms with Crippen LogP contribution in [0.1, 0.15) is 19.8 Å². The Kier molecular flexibility index (Phi) is 1.70. The first-order valence-electron chi connectivity index (χ1n) is 3.36. The second kappa shape index (κ2) is 2.20. The lowest BCUT2D eigenvalue weighted by atomic mass is 10.1. The fraction of sp³-hybridized carbons (Fsp3) is 0.833. The highest BCUT2D eigenvalue weighted by Gasteiger charge is 2.45. The summed E-state index contributed by atoms with van der Waals surface area (Å²) in [6, 6.07) is 0. The van der Waals surface area contributed by atoms with Gasteiger partial charge in [0.05, 0.1) is 6.26 Å². The minimum absolute atomic E-state index is 0.375. The Bertz CT molecular complexity index is 276. The van der Waals surface area contributed by atoms with Gasteiger partial charge < -0.3 is 0 Å². The molecule has 1 fully saturated rings. The van der Waals surface area contributed by atoms with E-state index in [1.165, 1.54) is 0 Å². The van der Waals surface area contributed by atoms with Gasteiger partial charge >= 0.3 is 0 Å². The fourth-order valence-corrected chi connectivity index (χ4v) is 1.29. The molecule has 0 saturated heterocycles. The van der Waals surface area contributed by atoms with Gasteiger partial charge in [-0.2, -0.15) is 0 Å². The Morgan fingerprint density at radius 1 is 1.45 bits per heavy atom. The fourth-order valence-electron chi connectivity index (χ4n) is 0.706. The van der Waals surface area contributed by atoms with Gasteiger partial charge in [0.2, 0.25) is 15.9 Å². The predicted molar refractivity (Wildman–Crippen MR) is 40.3 cm³/mol. The van der Waals surface area contributed by atoms with Gasteiger partial charge in [-0.15, -0.1) is 0 Å². The van der Waals surface area contributed by atoms with Gasteiger partial charge in [-0.05, 0) is 12.8 Å². The second-order valence-corrected chi connectivity index (χ2v) is 5.01. The number of carbonyl (C=O) groups is 1. The van der Waals surface area contributed by atoms with Crippen LogP contribution < -0.4 is 4.72 Å². The lowest BCUT2D eigenvalue weighted by Gasteiger charge is -2.06. The van der Waals surface area contributed by atoms with Crippen molar-refractivity contribution in [2.45, 2.75) is 19.8 Å². The molecular weight excluding hydrogens is 166 g/mol. The molecule has 1 aliphatic carbocycles. The third kappa shape index (κ3) is 2.18. The number of carbonyl (C=O) groups excluding carboxylic acids is 1. The summed E-state index contributed by atoms with van der Waals surface area (Å²) in [6.45, 7) is 1.76. The number of rotatable bonds is 2. The Morgan fingerprint density at radius 2 is 1.91 bits per heavy atom.